The third-order valence-electron chi connectivity index (χ3n) is 1.40. The Morgan fingerprint density at radius 3 is 2.85 bits per heavy atom. The van der Waals surface area contributed by atoms with Gasteiger partial charge in [-0.2, -0.15) is 0 Å². The molecule has 0 aliphatic heterocycles. The highest BCUT2D eigenvalue weighted by atomic mass is 35.5. The number of nitrogens with one attached hydrogen (secondary N) is 1. The molecule has 0 saturated heterocycles. The molecule has 13 heavy (non-hydrogen) atoms. The number of ether oxygens (including phenoxy) is 1. The molecule has 0 aromatic rings. The van der Waals surface area contributed by atoms with Crippen molar-refractivity contribution in [2.24, 2.45) is 0 Å². The molecule has 0 aromatic heterocycles. The zero-order chi connectivity index (χ0) is 10.1. The zero-order valence-electron chi connectivity index (χ0n) is 8.10. The molecule has 4 heteroatoms. The smallest absolute Gasteiger partial charge is 0.307 e. The third kappa shape index (κ3) is 7.81. The highest BCUT2D eigenvalue weighted by Gasteiger charge is 1.99. The van der Waals surface area contributed by atoms with Gasteiger partial charge < -0.3 is 10.1 Å². The molecule has 0 aliphatic carbocycles. The normalized spacial score (nSPS) is 11.5. The molecule has 0 fully saturated rings. The highest BCUT2D eigenvalue weighted by Crippen LogP contribution is 1.92. The van der Waals surface area contributed by atoms with Crippen molar-refractivity contribution in [3.63, 3.8) is 0 Å². The Bertz CT molecular complexity index is 180. The molecule has 1 N–H and O–H groups in total. The fourth-order valence-electron chi connectivity index (χ4n) is 0.748. The monoisotopic (exact) mass is 205 g/mol. The molecule has 76 valence electrons. The molecule has 0 aromatic carbocycles. The van der Waals surface area contributed by atoms with Crippen molar-refractivity contribution in [2.45, 2.75) is 20.3 Å². The summed E-state index contributed by atoms with van der Waals surface area (Å²) in [5.74, 6) is -0.164. The molecule has 0 aliphatic rings. The van der Waals surface area contributed by atoms with E-state index in [0.29, 0.717) is 26.1 Å². The fourth-order valence-corrected chi connectivity index (χ4v) is 0.825. The SMILES string of the molecule is CCOC(=O)CCNCC(C)=CCl. The first kappa shape index (κ1) is 12.5. The molecule has 0 heterocycles. The van der Waals surface area contributed by atoms with Crippen LogP contribution in [-0.4, -0.2) is 25.7 Å². The minimum atomic E-state index is -0.164. The lowest BCUT2D eigenvalue weighted by Crippen LogP contribution is -2.20. The number of halogens is 1. The van der Waals surface area contributed by atoms with Crippen molar-refractivity contribution in [2.75, 3.05) is 19.7 Å². The number of hydrogen-bond donors (Lipinski definition) is 1. The van der Waals surface area contributed by atoms with Crippen LogP contribution in [-0.2, 0) is 9.53 Å². The van der Waals surface area contributed by atoms with Gasteiger partial charge in [-0.3, -0.25) is 4.79 Å². The molecule has 0 bridgehead atoms. The average molecular weight is 206 g/mol. The summed E-state index contributed by atoms with van der Waals surface area (Å²) in [4.78, 5) is 10.9. The van der Waals surface area contributed by atoms with Crippen LogP contribution in [0.4, 0.5) is 0 Å². The first-order valence-corrected chi connectivity index (χ1v) is 4.76. The molecule has 0 atom stereocenters. The molecule has 0 spiro atoms. The van der Waals surface area contributed by atoms with Crippen LogP contribution in [0, 0.1) is 0 Å². The Morgan fingerprint density at radius 1 is 1.62 bits per heavy atom. The van der Waals surface area contributed by atoms with Crippen molar-refractivity contribution in [3.8, 4) is 0 Å². The minimum Gasteiger partial charge on any atom is -0.466 e. The van der Waals surface area contributed by atoms with E-state index >= 15 is 0 Å². The van der Waals surface area contributed by atoms with Crippen LogP contribution in [0.15, 0.2) is 11.1 Å². The van der Waals surface area contributed by atoms with E-state index in [1.165, 1.54) is 5.54 Å². The standard InChI is InChI=1S/C9H16ClNO2/c1-3-13-9(12)4-5-11-7-8(2)6-10/h6,11H,3-5,7H2,1-2H3. The first-order chi connectivity index (χ1) is 6.20. The van der Waals surface area contributed by atoms with Gasteiger partial charge in [-0.05, 0) is 19.4 Å². The molecule has 0 radical (unpaired) electrons. The lowest BCUT2D eigenvalue weighted by atomic mass is 10.3. The van der Waals surface area contributed by atoms with E-state index in [2.05, 4.69) is 5.32 Å². The van der Waals surface area contributed by atoms with Crippen molar-refractivity contribution in [1.82, 2.24) is 5.32 Å². The Kier molecular flexibility index (Phi) is 7.74. The Labute approximate surface area is 84.1 Å². The third-order valence-corrected chi connectivity index (χ3v) is 1.77. The summed E-state index contributed by atoms with van der Waals surface area (Å²) in [7, 11) is 0. The first-order valence-electron chi connectivity index (χ1n) is 4.33. The predicted octanol–water partition coefficient (Wildman–Crippen LogP) is 1.67. The van der Waals surface area contributed by atoms with Gasteiger partial charge in [0, 0.05) is 18.6 Å². The van der Waals surface area contributed by atoms with Gasteiger partial charge in [0.15, 0.2) is 0 Å². The van der Waals surface area contributed by atoms with E-state index in [1.54, 1.807) is 6.92 Å². The lowest BCUT2D eigenvalue weighted by molar-refractivity contribution is -0.142. The number of hydrogen-bond acceptors (Lipinski definition) is 3. The highest BCUT2D eigenvalue weighted by molar-refractivity contribution is 6.25. The van der Waals surface area contributed by atoms with Gasteiger partial charge in [0.2, 0.25) is 0 Å². The van der Waals surface area contributed by atoms with E-state index in [9.17, 15) is 4.79 Å². The maximum atomic E-state index is 10.9. The van der Waals surface area contributed by atoms with Crippen molar-refractivity contribution in [3.05, 3.63) is 11.1 Å². The fraction of sp³-hybridized carbons (Fsp3) is 0.667. The Balaban J connectivity index is 3.30. The van der Waals surface area contributed by atoms with E-state index in [4.69, 9.17) is 16.3 Å². The zero-order valence-corrected chi connectivity index (χ0v) is 8.86. The topological polar surface area (TPSA) is 38.3 Å². The summed E-state index contributed by atoms with van der Waals surface area (Å²) in [6.45, 7) is 5.50. The van der Waals surface area contributed by atoms with Gasteiger partial charge in [-0.25, -0.2) is 0 Å². The van der Waals surface area contributed by atoms with Crippen LogP contribution < -0.4 is 5.32 Å². The second-order valence-electron chi connectivity index (χ2n) is 2.69. The van der Waals surface area contributed by atoms with E-state index in [0.717, 1.165) is 5.57 Å². The minimum absolute atomic E-state index is 0.164. The van der Waals surface area contributed by atoms with E-state index in [1.807, 2.05) is 6.92 Å². The summed E-state index contributed by atoms with van der Waals surface area (Å²) in [6.07, 6.45) is 0.406. The van der Waals surface area contributed by atoms with Crippen LogP contribution in [0.1, 0.15) is 20.3 Å². The van der Waals surface area contributed by atoms with Gasteiger partial charge in [0.25, 0.3) is 0 Å². The van der Waals surface area contributed by atoms with Crippen LogP contribution in [0.3, 0.4) is 0 Å². The van der Waals surface area contributed by atoms with Crippen molar-refractivity contribution in [1.29, 1.82) is 0 Å². The molecule has 3 nitrogen and oxygen atoms in total. The Morgan fingerprint density at radius 2 is 2.31 bits per heavy atom. The summed E-state index contributed by atoms with van der Waals surface area (Å²) < 4.78 is 4.76. The lowest BCUT2D eigenvalue weighted by Gasteiger charge is -2.03. The molecule has 0 saturated carbocycles. The molecular formula is C9H16ClNO2. The van der Waals surface area contributed by atoms with Gasteiger partial charge >= 0.3 is 5.97 Å². The van der Waals surface area contributed by atoms with Crippen molar-refractivity contribution >= 4 is 17.6 Å². The predicted molar refractivity (Wildman–Crippen MR) is 53.7 cm³/mol. The summed E-state index contributed by atoms with van der Waals surface area (Å²) in [5.41, 5.74) is 2.57. The molecule has 0 amide bonds. The molecular weight excluding hydrogens is 190 g/mol. The second-order valence-corrected chi connectivity index (χ2v) is 2.91. The van der Waals surface area contributed by atoms with E-state index < -0.39 is 0 Å². The van der Waals surface area contributed by atoms with Crippen LogP contribution in [0.25, 0.3) is 0 Å². The number of rotatable bonds is 6. The van der Waals surface area contributed by atoms with E-state index in [-0.39, 0.29) is 5.97 Å². The maximum absolute atomic E-state index is 10.9. The number of carbonyl (C=O) groups is 1. The van der Waals surface area contributed by atoms with Gasteiger partial charge in [-0.15, -0.1) is 0 Å². The largest absolute Gasteiger partial charge is 0.466 e. The van der Waals surface area contributed by atoms with Crippen LogP contribution in [0.2, 0.25) is 0 Å². The van der Waals surface area contributed by atoms with Gasteiger partial charge in [0.1, 0.15) is 0 Å². The average Bonchev–Trinajstić information content (AvgIpc) is 2.12. The van der Waals surface area contributed by atoms with Gasteiger partial charge in [0.05, 0.1) is 13.0 Å². The van der Waals surface area contributed by atoms with Gasteiger partial charge in [-0.1, -0.05) is 11.6 Å². The Hall–Kier alpha value is -0.540. The van der Waals surface area contributed by atoms with Crippen molar-refractivity contribution < 1.29 is 9.53 Å². The molecule has 0 unspecified atom stereocenters. The summed E-state index contributed by atoms with van der Waals surface area (Å²) >= 11 is 5.45. The summed E-state index contributed by atoms with van der Waals surface area (Å²) in [6, 6.07) is 0. The van der Waals surface area contributed by atoms with Crippen LogP contribution in [0.5, 0.6) is 0 Å². The molecule has 0 rings (SSSR count). The number of carbonyl (C=O) groups excluding carboxylic acids is 1. The second kappa shape index (κ2) is 8.08. The summed E-state index contributed by atoms with van der Waals surface area (Å²) in [5, 5.41) is 3.07. The van der Waals surface area contributed by atoms with Crippen LogP contribution >= 0.6 is 11.6 Å². The maximum Gasteiger partial charge on any atom is 0.307 e. The quantitative estimate of drug-likeness (QED) is 0.530. The number of esters is 1.